The number of nitrogens with two attached hydrogens (primary N) is 1. The topological polar surface area (TPSA) is 61.2 Å². The molecule has 1 aromatic carbocycles. The van der Waals surface area contributed by atoms with Crippen LogP contribution in [-0.4, -0.2) is 4.57 Å². The minimum Gasteiger partial charge on any atom is -0.408 e. The van der Waals surface area contributed by atoms with Crippen LogP contribution < -0.4 is 11.5 Å². The molecule has 86 valence electrons. The minimum atomic E-state index is -0.305. The summed E-state index contributed by atoms with van der Waals surface area (Å²) in [4.78, 5) is 11.7. The van der Waals surface area contributed by atoms with Crippen LogP contribution in [-0.2, 0) is 6.54 Å². The number of fused-ring (bicyclic) bond motifs is 1. The number of rotatable bonds is 3. The number of aromatic nitrogens is 1. The molecule has 0 bridgehead atoms. The zero-order chi connectivity index (χ0) is 11.7. The molecule has 0 spiro atoms. The largest absolute Gasteiger partial charge is 0.419 e. The number of oxazole rings is 1. The molecule has 0 amide bonds. The molecule has 2 rings (SSSR count). The average molecular weight is 220 g/mol. The van der Waals surface area contributed by atoms with Crippen molar-refractivity contribution < 1.29 is 4.42 Å². The van der Waals surface area contributed by atoms with Gasteiger partial charge >= 0.3 is 5.76 Å². The minimum absolute atomic E-state index is 0.305. The van der Waals surface area contributed by atoms with Crippen molar-refractivity contribution in [3.05, 3.63) is 28.7 Å². The molecule has 0 radical (unpaired) electrons. The SMILES string of the molecule is CCC(C)Cn1c(=O)oc2ccc(N)cc21. The molecule has 1 heterocycles. The molecule has 1 aromatic heterocycles. The second-order valence-electron chi connectivity index (χ2n) is 4.22. The summed E-state index contributed by atoms with van der Waals surface area (Å²) in [6, 6.07) is 5.25. The molecular formula is C12H16N2O2. The van der Waals surface area contributed by atoms with E-state index in [1.165, 1.54) is 0 Å². The Morgan fingerprint density at radius 3 is 2.94 bits per heavy atom. The Hall–Kier alpha value is -1.71. The second-order valence-corrected chi connectivity index (χ2v) is 4.22. The molecule has 0 saturated heterocycles. The molecule has 4 nitrogen and oxygen atoms in total. The van der Waals surface area contributed by atoms with Crippen LogP contribution in [0.25, 0.3) is 11.1 Å². The Kier molecular flexibility index (Phi) is 2.73. The third-order valence-corrected chi connectivity index (χ3v) is 2.88. The highest BCUT2D eigenvalue weighted by Crippen LogP contribution is 2.17. The second kappa shape index (κ2) is 4.04. The van der Waals surface area contributed by atoms with Gasteiger partial charge in [0.05, 0.1) is 5.52 Å². The predicted molar refractivity (Wildman–Crippen MR) is 64.3 cm³/mol. The molecule has 1 unspecified atom stereocenters. The summed E-state index contributed by atoms with van der Waals surface area (Å²) in [6.07, 6.45) is 1.03. The zero-order valence-corrected chi connectivity index (χ0v) is 9.56. The van der Waals surface area contributed by atoms with E-state index >= 15 is 0 Å². The van der Waals surface area contributed by atoms with Crippen molar-refractivity contribution in [3.8, 4) is 0 Å². The van der Waals surface area contributed by atoms with Gasteiger partial charge in [0.2, 0.25) is 0 Å². The maximum Gasteiger partial charge on any atom is 0.419 e. The Balaban J connectivity index is 2.54. The van der Waals surface area contributed by atoms with E-state index in [4.69, 9.17) is 10.2 Å². The maximum atomic E-state index is 11.7. The van der Waals surface area contributed by atoms with E-state index in [1.54, 1.807) is 22.8 Å². The van der Waals surface area contributed by atoms with E-state index in [1.807, 2.05) is 0 Å². The van der Waals surface area contributed by atoms with Gasteiger partial charge in [-0.05, 0) is 24.1 Å². The van der Waals surface area contributed by atoms with Crippen molar-refractivity contribution >= 4 is 16.8 Å². The number of anilines is 1. The Morgan fingerprint density at radius 2 is 2.25 bits per heavy atom. The molecule has 4 heteroatoms. The lowest BCUT2D eigenvalue weighted by Gasteiger charge is -2.08. The molecule has 0 saturated carbocycles. The Bertz CT molecular complexity index is 554. The van der Waals surface area contributed by atoms with Gasteiger partial charge in [-0.15, -0.1) is 0 Å². The van der Waals surface area contributed by atoms with Gasteiger partial charge < -0.3 is 10.2 Å². The average Bonchev–Trinajstić information content (AvgIpc) is 2.55. The lowest BCUT2D eigenvalue weighted by molar-refractivity contribution is 0.430. The van der Waals surface area contributed by atoms with Gasteiger partial charge in [0.25, 0.3) is 0 Å². The fraction of sp³-hybridized carbons (Fsp3) is 0.417. The van der Waals surface area contributed by atoms with Crippen molar-refractivity contribution in [2.24, 2.45) is 5.92 Å². The number of hydrogen-bond acceptors (Lipinski definition) is 3. The summed E-state index contributed by atoms with van der Waals surface area (Å²) in [5.41, 5.74) is 7.74. The van der Waals surface area contributed by atoms with Gasteiger partial charge in [-0.25, -0.2) is 4.79 Å². The van der Waals surface area contributed by atoms with Crippen molar-refractivity contribution in [1.82, 2.24) is 4.57 Å². The summed E-state index contributed by atoms with van der Waals surface area (Å²) in [5, 5.41) is 0. The number of nitrogens with zero attached hydrogens (tertiary/aromatic N) is 1. The molecule has 0 aliphatic carbocycles. The van der Waals surface area contributed by atoms with E-state index in [0.717, 1.165) is 11.9 Å². The normalized spacial score (nSPS) is 13.1. The van der Waals surface area contributed by atoms with Crippen LogP contribution in [0.4, 0.5) is 5.69 Å². The summed E-state index contributed by atoms with van der Waals surface area (Å²) >= 11 is 0. The molecule has 0 aliphatic heterocycles. The maximum absolute atomic E-state index is 11.7. The van der Waals surface area contributed by atoms with Crippen LogP contribution in [0.2, 0.25) is 0 Å². The van der Waals surface area contributed by atoms with Crippen LogP contribution in [0, 0.1) is 5.92 Å². The van der Waals surface area contributed by atoms with Gasteiger partial charge in [0.15, 0.2) is 5.58 Å². The number of nitrogen functional groups attached to an aromatic ring is 1. The first-order chi connectivity index (χ1) is 7.61. The molecule has 2 aromatic rings. The van der Waals surface area contributed by atoms with Crippen molar-refractivity contribution in [1.29, 1.82) is 0 Å². The van der Waals surface area contributed by atoms with Crippen LogP contribution in [0.1, 0.15) is 20.3 Å². The third kappa shape index (κ3) is 1.83. The standard InChI is InChI=1S/C12H16N2O2/c1-3-8(2)7-14-10-6-9(13)4-5-11(10)16-12(14)15/h4-6,8H,3,7,13H2,1-2H3. The lowest BCUT2D eigenvalue weighted by Crippen LogP contribution is -2.18. The first-order valence-corrected chi connectivity index (χ1v) is 5.50. The monoisotopic (exact) mass is 220 g/mol. The van der Waals surface area contributed by atoms with Crippen molar-refractivity contribution in [2.75, 3.05) is 5.73 Å². The van der Waals surface area contributed by atoms with Crippen LogP contribution in [0.5, 0.6) is 0 Å². The van der Waals surface area contributed by atoms with Gasteiger partial charge in [-0.1, -0.05) is 20.3 Å². The van der Waals surface area contributed by atoms with Crippen molar-refractivity contribution in [3.63, 3.8) is 0 Å². The highest BCUT2D eigenvalue weighted by atomic mass is 16.4. The fourth-order valence-electron chi connectivity index (χ4n) is 1.69. The molecular weight excluding hydrogens is 204 g/mol. The first kappa shape index (κ1) is 10.8. The predicted octanol–water partition coefficient (Wildman–Crippen LogP) is 2.22. The van der Waals surface area contributed by atoms with Crippen molar-refractivity contribution in [2.45, 2.75) is 26.8 Å². The lowest BCUT2D eigenvalue weighted by atomic mass is 10.1. The Labute approximate surface area is 93.7 Å². The Morgan fingerprint density at radius 1 is 1.50 bits per heavy atom. The zero-order valence-electron chi connectivity index (χ0n) is 9.56. The first-order valence-electron chi connectivity index (χ1n) is 5.50. The van der Waals surface area contributed by atoms with Crippen LogP contribution in [0.3, 0.4) is 0 Å². The quantitative estimate of drug-likeness (QED) is 0.807. The fourth-order valence-corrected chi connectivity index (χ4v) is 1.69. The van der Waals surface area contributed by atoms with E-state index in [-0.39, 0.29) is 5.76 Å². The van der Waals surface area contributed by atoms with E-state index in [2.05, 4.69) is 13.8 Å². The molecule has 1 atom stereocenters. The summed E-state index contributed by atoms with van der Waals surface area (Å²) in [6.45, 7) is 4.88. The molecule has 0 fully saturated rings. The number of benzene rings is 1. The smallest absolute Gasteiger partial charge is 0.408 e. The van der Waals surface area contributed by atoms with Gasteiger partial charge in [-0.2, -0.15) is 0 Å². The number of hydrogen-bond donors (Lipinski definition) is 1. The molecule has 16 heavy (non-hydrogen) atoms. The molecule has 2 N–H and O–H groups in total. The van der Waals surface area contributed by atoms with Crippen LogP contribution >= 0.6 is 0 Å². The summed E-state index contributed by atoms with van der Waals surface area (Å²) in [5.74, 6) is 0.140. The van der Waals surface area contributed by atoms with Gasteiger partial charge in [0, 0.05) is 12.2 Å². The van der Waals surface area contributed by atoms with E-state index < -0.39 is 0 Å². The highest BCUT2D eigenvalue weighted by molar-refractivity contribution is 5.76. The van der Waals surface area contributed by atoms with Gasteiger partial charge in [-0.3, -0.25) is 4.57 Å². The van der Waals surface area contributed by atoms with Gasteiger partial charge in [0.1, 0.15) is 0 Å². The highest BCUT2D eigenvalue weighted by Gasteiger charge is 2.11. The summed E-state index contributed by atoms with van der Waals surface area (Å²) in [7, 11) is 0. The third-order valence-electron chi connectivity index (χ3n) is 2.88. The van der Waals surface area contributed by atoms with E-state index in [9.17, 15) is 4.79 Å². The van der Waals surface area contributed by atoms with Crippen LogP contribution in [0.15, 0.2) is 27.4 Å². The summed E-state index contributed by atoms with van der Waals surface area (Å²) < 4.78 is 6.80. The molecule has 0 aliphatic rings. The van der Waals surface area contributed by atoms with E-state index in [0.29, 0.717) is 23.7 Å².